The molecular formula is C14H23IN4O2. The Morgan fingerprint density at radius 1 is 1.38 bits per heavy atom. The quantitative estimate of drug-likeness (QED) is 0.273. The molecule has 0 saturated heterocycles. The maximum Gasteiger partial charge on any atom is 0.251 e. The number of hydrogen-bond acceptors (Lipinski definition) is 3. The summed E-state index contributed by atoms with van der Waals surface area (Å²) in [5.74, 6) is 0.239. The number of methoxy groups -OCH3 is 1. The predicted octanol–water partition coefficient (Wildman–Crippen LogP) is 0.974. The van der Waals surface area contributed by atoms with Crippen molar-refractivity contribution < 1.29 is 9.53 Å². The van der Waals surface area contributed by atoms with Gasteiger partial charge >= 0.3 is 0 Å². The van der Waals surface area contributed by atoms with Crippen LogP contribution in [0.15, 0.2) is 35.3 Å². The molecule has 0 fully saturated rings. The summed E-state index contributed by atoms with van der Waals surface area (Å²) in [6.45, 7) is 3.37. The van der Waals surface area contributed by atoms with Crippen molar-refractivity contribution in [1.29, 1.82) is 0 Å². The standard InChI is InChI=1S/C14H22N4O2.HI/c1-11(10-20-2)18-14(15)17-9-8-16-13(19)12-6-4-3-5-7-12;/h3-7,11H,8-10H2,1-2H3,(H,16,19)(H3,15,17,18);1H. The van der Waals surface area contributed by atoms with Crippen LogP contribution >= 0.6 is 24.0 Å². The van der Waals surface area contributed by atoms with Gasteiger partial charge in [-0.2, -0.15) is 0 Å². The number of carbonyl (C=O) groups is 1. The van der Waals surface area contributed by atoms with Crippen molar-refractivity contribution in [3.05, 3.63) is 35.9 Å². The van der Waals surface area contributed by atoms with Crippen LogP contribution < -0.4 is 16.4 Å². The normalized spacial score (nSPS) is 12.2. The van der Waals surface area contributed by atoms with Crippen LogP contribution in [0.2, 0.25) is 0 Å². The molecule has 0 aromatic heterocycles. The summed E-state index contributed by atoms with van der Waals surface area (Å²) in [5.41, 5.74) is 6.34. The molecule has 1 aromatic carbocycles. The SMILES string of the molecule is COCC(C)NC(N)=NCCNC(=O)c1ccccc1.I. The number of rotatable bonds is 7. The Morgan fingerprint density at radius 3 is 2.67 bits per heavy atom. The van der Waals surface area contributed by atoms with Crippen LogP contribution in [-0.4, -0.2) is 44.7 Å². The summed E-state index contributed by atoms with van der Waals surface area (Å²) >= 11 is 0. The Kier molecular flexibility index (Phi) is 10.6. The summed E-state index contributed by atoms with van der Waals surface area (Å²) in [7, 11) is 1.63. The number of hydrogen-bond donors (Lipinski definition) is 3. The van der Waals surface area contributed by atoms with E-state index in [2.05, 4.69) is 15.6 Å². The van der Waals surface area contributed by atoms with E-state index < -0.39 is 0 Å². The Labute approximate surface area is 142 Å². The molecule has 1 atom stereocenters. The minimum Gasteiger partial charge on any atom is -0.383 e. The van der Waals surface area contributed by atoms with Crippen LogP contribution in [-0.2, 0) is 4.74 Å². The summed E-state index contributed by atoms with van der Waals surface area (Å²) in [6.07, 6.45) is 0. The molecule has 0 radical (unpaired) electrons. The number of carbonyl (C=O) groups excluding carboxylic acids is 1. The van der Waals surface area contributed by atoms with E-state index in [4.69, 9.17) is 10.5 Å². The number of guanidine groups is 1. The summed E-state index contributed by atoms with van der Waals surface area (Å²) in [4.78, 5) is 15.9. The molecule has 0 heterocycles. The molecule has 21 heavy (non-hydrogen) atoms. The number of nitrogens with two attached hydrogens (primary N) is 1. The summed E-state index contributed by atoms with van der Waals surface area (Å²) in [6, 6.07) is 9.15. The van der Waals surface area contributed by atoms with Gasteiger partial charge in [-0.25, -0.2) is 0 Å². The van der Waals surface area contributed by atoms with Gasteiger partial charge in [-0.15, -0.1) is 24.0 Å². The zero-order valence-corrected chi connectivity index (χ0v) is 14.7. The number of aliphatic imine (C=N–C) groups is 1. The Morgan fingerprint density at radius 2 is 2.05 bits per heavy atom. The second-order valence-corrected chi connectivity index (χ2v) is 4.39. The van der Waals surface area contributed by atoms with Crippen molar-refractivity contribution in [1.82, 2.24) is 10.6 Å². The van der Waals surface area contributed by atoms with Crippen LogP contribution in [0.1, 0.15) is 17.3 Å². The van der Waals surface area contributed by atoms with Gasteiger partial charge in [0.15, 0.2) is 5.96 Å². The third kappa shape index (κ3) is 8.51. The molecule has 4 N–H and O–H groups in total. The second kappa shape index (κ2) is 11.3. The minimum atomic E-state index is -0.111. The molecule has 0 spiro atoms. The summed E-state index contributed by atoms with van der Waals surface area (Å²) in [5, 5.41) is 5.77. The minimum absolute atomic E-state index is 0. The van der Waals surface area contributed by atoms with Gasteiger partial charge in [0.1, 0.15) is 0 Å². The predicted molar refractivity (Wildman–Crippen MR) is 95.2 cm³/mol. The third-order valence-electron chi connectivity index (χ3n) is 2.53. The van der Waals surface area contributed by atoms with Crippen LogP contribution in [0.3, 0.4) is 0 Å². The first-order chi connectivity index (χ1) is 9.63. The van der Waals surface area contributed by atoms with Crippen molar-refractivity contribution in [3.63, 3.8) is 0 Å². The first kappa shape index (κ1) is 19.7. The van der Waals surface area contributed by atoms with E-state index in [0.29, 0.717) is 31.2 Å². The number of nitrogens with zero attached hydrogens (tertiary/aromatic N) is 1. The maximum absolute atomic E-state index is 11.7. The maximum atomic E-state index is 11.7. The number of nitrogens with one attached hydrogen (secondary N) is 2. The van der Waals surface area contributed by atoms with E-state index in [0.717, 1.165) is 0 Å². The Bertz CT molecular complexity index is 440. The zero-order chi connectivity index (χ0) is 14.8. The fraction of sp³-hybridized carbons (Fsp3) is 0.429. The van der Waals surface area contributed by atoms with E-state index in [-0.39, 0.29) is 35.9 Å². The van der Waals surface area contributed by atoms with E-state index in [1.807, 2.05) is 25.1 Å². The first-order valence-corrected chi connectivity index (χ1v) is 6.52. The lowest BCUT2D eigenvalue weighted by Gasteiger charge is -2.13. The molecule has 1 aromatic rings. The van der Waals surface area contributed by atoms with E-state index in [1.54, 1.807) is 19.2 Å². The van der Waals surface area contributed by atoms with Crippen molar-refractivity contribution in [2.75, 3.05) is 26.8 Å². The highest BCUT2D eigenvalue weighted by molar-refractivity contribution is 14.0. The van der Waals surface area contributed by atoms with Gasteiger partial charge in [-0.1, -0.05) is 18.2 Å². The van der Waals surface area contributed by atoms with Gasteiger partial charge in [-0.3, -0.25) is 9.79 Å². The van der Waals surface area contributed by atoms with E-state index in [1.165, 1.54) is 0 Å². The molecule has 7 heteroatoms. The summed E-state index contributed by atoms with van der Waals surface area (Å²) < 4.78 is 4.98. The molecule has 0 bridgehead atoms. The molecule has 0 aliphatic carbocycles. The van der Waals surface area contributed by atoms with Crippen molar-refractivity contribution in [2.24, 2.45) is 10.7 Å². The first-order valence-electron chi connectivity index (χ1n) is 6.52. The zero-order valence-electron chi connectivity index (χ0n) is 12.3. The van der Waals surface area contributed by atoms with Gasteiger partial charge in [-0.05, 0) is 19.1 Å². The van der Waals surface area contributed by atoms with Gasteiger partial charge in [0, 0.05) is 25.3 Å². The van der Waals surface area contributed by atoms with Gasteiger partial charge in [0.2, 0.25) is 0 Å². The van der Waals surface area contributed by atoms with Gasteiger partial charge in [0.05, 0.1) is 13.2 Å². The lowest BCUT2D eigenvalue weighted by molar-refractivity contribution is 0.0955. The topological polar surface area (TPSA) is 88.7 Å². The monoisotopic (exact) mass is 406 g/mol. The van der Waals surface area contributed by atoms with Crippen molar-refractivity contribution >= 4 is 35.8 Å². The van der Waals surface area contributed by atoms with Crippen LogP contribution in [0.5, 0.6) is 0 Å². The van der Waals surface area contributed by atoms with Crippen molar-refractivity contribution in [3.8, 4) is 0 Å². The molecule has 0 saturated carbocycles. The van der Waals surface area contributed by atoms with Crippen LogP contribution in [0.4, 0.5) is 0 Å². The highest BCUT2D eigenvalue weighted by Crippen LogP contribution is 1.97. The lowest BCUT2D eigenvalue weighted by Crippen LogP contribution is -2.41. The average molecular weight is 406 g/mol. The fourth-order valence-electron chi connectivity index (χ4n) is 1.63. The van der Waals surface area contributed by atoms with Crippen molar-refractivity contribution in [2.45, 2.75) is 13.0 Å². The molecule has 0 aliphatic rings. The molecule has 6 nitrogen and oxygen atoms in total. The highest BCUT2D eigenvalue weighted by atomic mass is 127. The smallest absolute Gasteiger partial charge is 0.251 e. The Balaban J connectivity index is 0.00000400. The average Bonchev–Trinajstić information content (AvgIpc) is 2.44. The number of ether oxygens (including phenoxy) is 1. The molecular weight excluding hydrogens is 383 g/mol. The molecule has 1 amide bonds. The number of halogens is 1. The fourth-order valence-corrected chi connectivity index (χ4v) is 1.63. The van der Waals surface area contributed by atoms with Gasteiger partial charge in [0.25, 0.3) is 5.91 Å². The van der Waals surface area contributed by atoms with E-state index >= 15 is 0 Å². The molecule has 0 aliphatic heterocycles. The number of amides is 1. The van der Waals surface area contributed by atoms with Crippen LogP contribution in [0.25, 0.3) is 0 Å². The molecule has 118 valence electrons. The lowest BCUT2D eigenvalue weighted by atomic mass is 10.2. The molecule has 1 rings (SSSR count). The van der Waals surface area contributed by atoms with Gasteiger partial charge < -0.3 is 21.1 Å². The highest BCUT2D eigenvalue weighted by Gasteiger charge is 2.03. The Hall–Kier alpha value is -1.35. The number of benzene rings is 1. The second-order valence-electron chi connectivity index (χ2n) is 4.39. The third-order valence-corrected chi connectivity index (χ3v) is 2.53. The largest absolute Gasteiger partial charge is 0.383 e. The van der Waals surface area contributed by atoms with Crippen LogP contribution in [0, 0.1) is 0 Å². The molecule has 1 unspecified atom stereocenters. The van der Waals surface area contributed by atoms with E-state index in [9.17, 15) is 4.79 Å².